The monoisotopic (exact) mass is 278 g/mol. The second-order valence-corrected chi connectivity index (χ2v) is 5.34. The molecule has 0 radical (unpaired) electrons. The summed E-state index contributed by atoms with van der Waals surface area (Å²) in [4.78, 5) is 23.4. The molecule has 1 aromatic rings. The first kappa shape index (κ1) is 15.7. The van der Waals surface area contributed by atoms with Crippen LogP contribution in [0.15, 0.2) is 30.9 Å². The second-order valence-electron chi connectivity index (χ2n) is 5.34. The lowest BCUT2D eigenvalue weighted by molar-refractivity contribution is -0.384. The van der Waals surface area contributed by atoms with Gasteiger partial charge in [0.15, 0.2) is 0 Å². The molecule has 1 N–H and O–H groups in total. The molecule has 0 aromatic heterocycles. The lowest BCUT2D eigenvalue weighted by atomic mass is 10.0. The Bertz CT molecular complexity index is 547. The van der Waals surface area contributed by atoms with Crippen LogP contribution in [0.2, 0.25) is 0 Å². The number of carbonyl (C=O) groups is 1. The molecule has 0 saturated heterocycles. The Morgan fingerprint density at radius 1 is 1.50 bits per heavy atom. The van der Waals surface area contributed by atoms with Crippen LogP contribution in [0, 0.1) is 10.1 Å². The van der Waals surface area contributed by atoms with Gasteiger partial charge in [-0.1, -0.05) is 6.08 Å². The van der Waals surface area contributed by atoms with E-state index in [4.69, 9.17) is 5.11 Å². The van der Waals surface area contributed by atoms with E-state index >= 15 is 0 Å². The van der Waals surface area contributed by atoms with Crippen LogP contribution in [-0.4, -0.2) is 28.1 Å². The fourth-order valence-electron chi connectivity index (χ4n) is 1.89. The molecule has 1 rings (SSSR count). The summed E-state index contributed by atoms with van der Waals surface area (Å²) in [6, 6.07) is 3.92. The molecule has 0 spiro atoms. The molecule has 6 heteroatoms. The van der Waals surface area contributed by atoms with Gasteiger partial charge in [0.25, 0.3) is 5.69 Å². The largest absolute Gasteiger partial charge is 0.478 e. The van der Waals surface area contributed by atoms with Crippen LogP contribution in [-0.2, 0) is 0 Å². The molecular weight excluding hydrogens is 260 g/mol. The summed E-state index contributed by atoms with van der Waals surface area (Å²) in [6.45, 7) is 9.85. The lowest BCUT2D eigenvalue weighted by Crippen LogP contribution is -2.42. The Hall–Kier alpha value is -2.37. The third kappa shape index (κ3) is 3.34. The van der Waals surface area contributed by atoms with E-state index in [9.17, 15) is 14.9 Å². The second kappa shape index (κ2) is 5.73. The first-order chi connectivity index (χ1) is 9.18. The molecular formula is C14H18N2O4. The highest BCUT2D eigenvalue weighted by atomic mass is 16.6. The highest BCUT2D eigenvalue weighted by molar-refractivity contribution is 5.90. The van der Waals surface area contributed by atoms with Gasteiger partial charge in [-0.3, -0.25) is 10.1 Å². The number of carboxylic acid groups (broad SMARTS) is 1. The summed E-state index contributed by atoms with van der Waals surface area (Å²) >= 11 is 0. The van der Waals surface area contributed by atoms with E-state index in [2.05, 4.69) is 6.58 Å². The molecule has 0 heterocycles. The number of nitro benzene ring substituents is 1. The van der Waals surface area contributed by atoms with Crippen molar-refractivity contribution in [2.45, 2.75) is 26.3 Å². The van der Waals surface area contributed by atoms with E-state index in [1.807, 2.05) is 25.7 Å². The molecule has 0 saturated carbocycles. The van der Waals surface area contributed by atoms with E-state index < -0.39 is 10.9 Å². The first-order valence-corrected chi connectivity index (χ1v) is 6.08. The van der Waals surface area contributed by atoms with Crippen LogP contribution in [0.3, 0.4) is 0 Å². The Morgan fingerprint density at radius 3 is 2.50 bits per heavy atom. The summed E-state index contributed by atoms with van der Waals surface area (Å²) in [5.41, 5.74) is -0.300. The third-order valence-corrected chi connectivity index (χ3v) is 2.83. The zero-order valence-electron chi connectivity index (χ0n) is 11.8. The quantitative estimate of drug-likeness (QED) is 0.508. The minimum atomic E-state index is -1.19. The van der Waals surface area contributed by atoms with Crippen LogP contribution >= 0.6 is 0 Å². The van der Waals surface area contributed by atoms with Crippen LogP contribution in [0.5, 0.6) is 0 Å². The molecule has 0 aliphatic rings. The maximum Gasteiger partial charge on any atom is 0.335 e. The predicted octanol–water partition coefficient (Wildman–Crippen LogP) is 3.08. The minimum absolute atomic E-state index is 0.104. The van der Waals surface area contributed by atoms with E-state index in [0.29, 0.717) is 12.2 Å². The Balaban J connectivity index is 3.45. The van der Waals surface area contributed by atoms with Crippen LogP contribution in [0.4, 0.5) is 11.4 Å². The molecule has 0 aliphatic carbocycles. The molecule has 0 aliphatic heterocycles. The van der Waals surface area contributed by atoms with Gasteiger partial charge in [-0.2, -0.15) is 0 Å². The number of anilines is 1. The maximum atomic E-state index is 11.2. The predicted molar refractivity (Wildman–Crippen MR) is 77.4 cm³/mol. The van der Waals surface area contributed by atoms with E-state index in [-0.39, 0.29) is 16.8 Å². The number of hydrogen-bond donors (Lipinski definition) is 1. The molecule has 0 atom stereocenters. The highest BCUT2D eigenvalue weighted by Gasteiger charge is 2.28. The summed E-state index contributed by atoms with van der Waals surface area (Å²) < 4.78 is 0. The first-order valence-electron chi connectivity index (χ1n) is 6.08. The Morgan fingerprint density at radius 2 is 2.10 bits per heavy atom. The topological polar surface area (TPSA) is 83.7 Å². The number of nitro groups is 1. The van der Waals surface area contributed by atoms with E-state index in [1.54, 1.807) is 6.08 Å². The van der Waals surface area contributed by atoms with Crippen molar-refractivity contribution in [2.75, 3.05) is 11.4 Å². The van der Waals surface area contributed by atoms with E-state index in [0.717, 1.165) is 6.07 Å². The van der Waals surface area contributed by atoms with Gasteiger partial charge in [-0.05, 0) is 32.9 Å². The number of nitrogens with zero attached hydrogens (tertiary/aromatic N) is 2. The van der Waals surface area contributed by atoms with Gasteiger partial charge < -0.3 is 10.0 Å². The Labute approximate surface area is 117 Å². The van der Waals surface area contributed by atoms with Crippen molar-refractivity contribution in [3.8, 4) is 0 Å². The van der Waals surface area contributed by atoms with Crippen molar-refractivity contribution in [3.05, 3.63) is 46.5 Å². The minimum Gasteiger partial charge on any atom is -0.478 e. The fourth-order valence-corrected chi connectivity index (χ4v) is 1.89. The Kier molecular flexibility index (Phi) is 4.49. The summed E-state index contributed by atoms with van der Waals surface area (Å²) in [5.74, 6) is -1.19. The third-order valence-electron chi connectivity index (χ3n) is 2.83. The SMILES string of the molecule is C=CCN(c1ccc(C(=O)O)cc1[N+](=O)[O-])C(C)(C)C. The van der Waals surface area contributed by atoms with Gasteiger partial charge >= 0.3 is 5.97 Å². The zero-order valence-corrected chi connectivity index (χ0v) is 11.8. The lowest BCUT2D eigenvalue weighted by Gasteiger charge is -2.36. The average molecular weight is 278 g/mol. The van der Waals surface area contributed by atoms with Gasteiger partial charge in [-0.15, -0.1) is 6.58 Å². The van der Waals surface area contributed by atoms with Crippen molar-refractivity contribution >= 4 is 17.3 Å². The van der Waals surface area contributed by atoms with Gasteiger partial charge in [0, 0.05) is 18.2 Å². The van der Waals surface area contributed by atoms with Crippen molar-refractivity contribution in [1.82, 2.24) is 0 Å². The molecule has 0 bridgehead atoms. The number of benzene rings is 1. The smallest absolute Gasteiger partial charge is 0.335 e. The van der Waals surface area contributed by atoms with Gasteiger partial charge in [0.2, 0.25) is 0 Å². The highest BCUT2D eigenvalue weighted by Crippen LogP contribution is 2.33. The summed E-state index contributed by atoms with van der Waals surface area (Å²) in [5, 5.41) is 20.1. The van der Waals surface area contributed by atoms with Crippen LogP contribution < -0.4 is 4.90 Å². The number of rotatable bonds is 5. The zero-order chi connectivity index (χ0) is 15.5. The number of aromatic carboxylic acids is 1. The van der Waals surface area contributed by atoms with Crippen molar-refractivity contribution in [2.24, 2.45) is 0 Å². The molecule has 20 heavy (non-hydrogen) atoms. The standard InChI is InChI=1S/C14H18N2O4/c1-5-8-15(14(2,3)4)11-7-6-10(13(17)18)9-12(11)16(19)20/h5-7,9H,1,8H2,2-4H3,(H,17,18). The molecule has 0 fully saturated rings. The maximum absolute atomic E-state index is 11.2. The van der Waals surface area contributed by atoms with E-state index in [1.165, 1.54) is 12.1 Å². The normalized spacial score (nSPS) is 10.9. The molecule has 1 aromatic carbocycles. The van der Waals surface area contributed by atoms with Crippen molar-refractivity contribution < 1.29 is 14.8 Å². The number of carboxylic acids is 1. The van der Waals surface area contributed by atoms with Crippen LogP contribution in [0.25, 0.3) is 0 Å². The van der Waals surface area contributed by atoms with Crippen LogP contribution in [0.1, 0.15) is 31.1 Å². The average Bonchev–Trinajstić information content (AvgIpc) is 2.33. The van der Waals surface area contributed by atoms with Gasteiger partial charge in [0.1, 0.15) is 5.69 Å². The molecule has 0 unspecified atom stereocenters. The molecule has 108 valence electrons. The van der Waals surface area contributed by atoms with Gasteiger partial charge in [-0.25, -0.2) is 4.79 Å². The number of hydrogen-bond acceptors (Lipinski definition) is 4. The fraction of sp³-hybridized carbons (Fsp3) is 0.357. The molecule has 6 nitrogen and oxygen atoms in total. The molecule has 0 amide bonds. The van der Waals surface area contributed by atoms with Crippen molar-refractivity contribution in [1.29, 1.82) is 0 Å². The summed E-state index contributed by atoms with van der Waals surface area (Å²) in [7, 11) is 0. The van der Waals surface area contributed by atoms with Crippen molar-refractivity contribution in [3.63, 3.8) is 0 Å². The van der Waals surface area contributed by atoms with Gasteiger partial charge in [0.05, 0.1) is 10.5 Å². The summed E-state index contributed by atoms with van der Waals surface area (Å²) in [6.07, 6.45) is 1.65.